The van der Waals surface area contributed by atoms with Gasteiger partial charge in [0.2, 0.25) is 5.91 Å². The molecular weight excluding hydrogens is 340 g/mol. The Labute approximate surface area is 160 Å². The van der Waals surface area contributed by atoms with Gasteiger partial charge in [-0.3, -0.25) is 9.79 Å². The summed E-state index contributed by atoms with van der Waals surface area (Å²) in [4.78, 5) is 16.3. The molecule has 6 nitrogen and oxygen atoms in total. The summed E-state index contributed by atoms with van der Waals surface area (Å²) >= 11 is 0. The van der Waals surface area contributed by atoms with Gasteiger partial charge in [-0.1, -0.05) is 49.4 Å². The Bertz CT molecular complexity index is 747. The first kappa shape index (κ1) is 20.5. The second-order valence-electron chi connectivity index (χ2n) is 6.20. The van der Waals surface area contributed by atoms with Gasteiger partial charge >= 0.3 is 0 Å². The highest BCUT2D eigenvalue weighted by atomic mass is 16.3. The number of nitrogens with one attached hydrogen (secondary N) is 3. The van der Waals surface area contributed by atoms with Crippen molar-refractivity contribution in [1.29, 1.82) is 0 Å². The number of carbonyl (C=O) groups is 1. The minimum absolute atomic E-state index is 0.0300. The molecule has 0 aliphatic carbocycles. The van der Waals surface area contributed by atoms with Crippen LogP contribution < -0.4 is 16.0 Å². The van der Waals surface area contributed by atoms with Crippen molar-refractivity contribution >= 4 is 17.6 Å². The van der Waals surface area contributed by atoms with Crippen LogP contribution in [0.2, 0.25) is 0 Å². The third-order valence-electron chi connectivity index (χ3n) is 4.27. The van der Waals surface area contributed by atoms with Crippen LogP contribution in [0.4, 0.5) is 5.69 Å². The van der Waals surface area contributed by atoms with E-state index in [1.54, 1.807) is 7.05 Å². The summed E-state index contributed by atoms with van der Waals surface area (Å²) in [5.41, 5.74) is 3.01. The predicted molar refractivity (Wildman–Crippen MR) is 110 cm³/mol. The number of aryl methyl sites for hydroxylation is 1. The molecule has 2 aromatic carbocycles. The van der Waals surface area contributed by atoms with E-state index in [9.17, 15) is 9.90 Å². The maximum Gasteiger partial charge on any atom is 0.243 e. The zero-order valence-corrected chi connectivity index (χ0v) is 15.9. The number of aliphatic imine (C=N–C) groups is 1. The average Bonchev–Trinajstić information content (AvgIpc) is 2.71. The normalized spacial score (nSPS) is 12.3. The smallest absolute Gasteiger partial charge is 0.243 e. The molecule has 1 atom stereocenters. The lowest BCUT2D eigenvalue weighted by atomic mass is 10.0. The molecule has 0 fully saturated rings. The minimum atomic E-state index is -0.145. The van der Waals surface area contributed by atoms with E-state index in [1.165, 1.54) is 5.56 Å². The SMILES string of the molecule is CCc1cccc(NC(=O)CNC(=NC)NCC(CO)c2ccccc2)c1. The molecule has 0 saturated heterocycles. The third kappa shape index (κ3) is 6.75. The Morgan fingerprint density at radius 2 is 1.89 bits per heavy atom. The first-order valence-corrected chi connectivity index (χ1v) is 9.15. The quantitative estimate of drug-likeness (QED) is 0.425. The molecule has 1 unspecified atom stereocenters. The fourth-order valence-electron chi connectivity index (χ4n) is 2.69. The van der Waals surface area contributed by atoms with Crippen LogP contribution in [0.1, 0.15) is 24.0 Å². The van der Waals surface area contributed by atoms with E-state index in [0.717, 1.165) is 17.7 Å². The number of rotatable bonds is 8. The number of guanidine groups is 1. The molecule has 2 rings (SSSR count). The summed E-state index contributed by atoms with van der Waals surface area (Å²) in [6.07, 6.45) is 0.923. The Morgan fingerprint density at radius 1 is 1.11 bits per heavy atom. The lowest BCUT2D eigenvalue weighted by Crippen LogP contribution is -2.43. The summed E-state index contributed by atoms with van der Waals surface area (Å²) < 4.78 is 0. The summed E-state index contributed by atoms with van der Waals surface area (Å²) in [7, 11) is 1.65. The van der Waals surface area contributed by atoms with Crippen LogP contribution in [0, 0.1) is 0 Å². The van der Waals surface area contributed by atoms with Crippen LogP contribution in [0.25, 0.3) is 0 Å². The molecular formula is C21H28N4O2. The molecule has 4 N–H and O–H groups in total. The second-order valence-corrected chi connectivity index (χ2v) is 6.20. The first-order valence-electron chi connectivity index (χ1n) is 9.15. The summed E-state index contributed by atoms with van der Waals surface area (Å²) in [5, 5.41) is 18.6. The van der Waals surface area contributed by atoms with Crippen molar-refractivity contribution in [3.8, 4) is 0 Å². The van der Waals surface area contributed by atoms with Gasteiger partial charge in [0.05, 0.1) is 13.2 Å². The summed E-state index contributed by atoms with van der Waals surface area (Å²) in [5.74, 6) is 0.324. The van der Waals surface area contributed by atoms with Crippen molar-refractivity contribution in [3.63, 3.8) is 0 Å². The number of hydrogen-bond acceptors (Lipinski definition) is 3. The Balaban J connectivity index is 1.81. The minimum Gasteiger partial charge on any atom is -0.396 e. The largest absolute Gasteiger partial charge is 0.396 e. The molecule has 0 heterocycles. The van der Waals surface area contributed by atoms with Crippen LogP contribution >= 0.6 is 0 Å². The van der Waals surface area contributed by atoms with Crippen molar-refractivity contribution in [2.75, 3.05) is 32.1 Å². The monoisotopic (exact) mass is 368 g/mol. The number of amides is 1. The maximum atomic E-state index is 12.2. The Kier molecular flexibility index (Phi) is 8.32. The van der Waals surface area contributed by atoms with Crippen LogP contribution in [0.5, 0.6) is 0 Å². The molecule has 2 aromatic rings. The Morgan fingerprint density at radius 3 is 2.56 bits per heavy atom. The number of benzene rings is 2. The third-order valence-corrected chi connectivity index (χ3v) is 4.27. The number of carbonyl (C=O) groups excluding carboxylic acids is 1. The van der Waals surface area contributed by atoms with Gasteiger partial charge in [-0.25, -0.2) is 0 Å². The van der Waals surface area contributed by atoms with Gasteiger partial charge in [-0.15, -0.1) is 0 Å². The van der Waals surface area contributed by atoms with Gasteiger partial charge in [0.1, 0.15) is 0 Å². The van der Waals surface area contributed by atoms with Gasteiger partial charge in [0.15, 0.2) is 5.96 Å². The average molecular weight is 368 g/mol. The molecule has 0 saturated carbocycles. The Hall–Kier alpha value is -2.86. The lowest BCUT2D eigenvalue weighted by molar-refractivity contribution is -0.115. The van der Waals surface area contributed by atoms with Crippen molar-refractivity contribution in [3.05, 3.63) is 65.7 Å². The standard InChI is InChI=1S/C21H28N4O2/c1-3-16-8-7-11-19(12-16)25-20(27)14-24-21(22-2)23-13-18(15-26)17-9-5-4-6-10-17/h4-12,18,26H,3,13-15H2,1-2H3,(H,25,27)(H2,22,23,24). The van der Waals surface area contributed by atoms with E-state index in [0.29, 0.717) is 12.5 Å². The van der Waals surface area contributed by atoms with Crippen LogP contribution in [0.3, 0.4) is 0 Å². The summed E-state index contributed by atoms with van der Waals surface area (Å²) in [6, 6.07) is 17.6. The number of aliphatic hydroxyl groups is 1. The highest BCUT2D eigenvalue weighted by molar-refractivity contribution is 5.95. The fourth-order valence-corrected chi connectivity index (χ4v) is 2.69. The van der Waals surface area contributed by atoms with Crippen LogP contribution in [-0.4, -0.2) is 43.7 Å². The zero-order valence-electron chi connectivity index (χ0n) is 15.9. The van der Waals surface area contributed by atoms with Crippen molar-refractivity contribution in [2.45, 2.75) is 19.3 Å². The van der Waals surface area contributed by atoms with Crippen molar-refractivity contribution in [1.82, 2.24) is 10.6 Å². The van der Waals surface area contributed by atoms with Crippen molar-refractivity contribution < 1.29 is 9.90 Å². The lowest BCUT2D eigenvalue weighted by Gasteiger charge is -2.18. The highest BCUT2D eigenvalue weighted by Gasteiger charge is 2.11. The molecule has 0 aromatic heterocycles. The highest BCUT2D eigenvalue weighted by Crippen LogP contribution is 2.13. The number of aliphatic hydroxyl groups excluding tert-OH is 1. The first-order chi connectivity index (χ1) is 13.2. The van der Waals surface area contributed by atoms with E-state index in [4.69, 9.17) is 0 Å². The van der Waals surface area contributed by atoms with Crippen LogP contribution in [-0.2, 0) is 11.2 Å². The van der Waals surface area contributed by atoms with E-state index in [1.807, 2.05) is 54.6 Å². The number of hydrogen-bond donors (Lipinski definition) is 4. The molecule has 0 bridgehead atoms. The predicted octanol–water partition coefficient (Wildman–Crippen LogP) is 2.13. The molecule has 0 spiro atoms. The van der Waals surface area contributed by atoms with Gasteiger partial charge in [0.25, 0.3) is 0 Å². The van der Waals surface area contributed by atoms with E-state index in [2.05, 4.69) is 27.9 Å². The van der Waals surface area contributed by atoms with Crippen LogP contribution in [0.15, 0.2) is 59.6 Å². The maximum absolute atomic E-state index is 12.2. The van der Waals surface area contributed by atoms with Gasteiger partial charge < -0.3 is 21.1 Å². The van der Waals surface area contributed by atoms with Gasteiger partial charge in [0, 0.05) is 25.2 Å². The van der Waals surface area contributed by atoms with Crippen molar-refractivity contribution in [2.24, 2.45) is 4.99 Å². The van der Waals surface area contributed by atoms with E-state index < -0.39 is 0 Å². The molecule has 0 aliphatic rings. The fraction of sp³-hybridized carbons (Fsp3) is 0.333. The summed E-state index contributed by atoms with van der Waals surface area (Å²) in [6.45, 7) is 2.72. The molecule has 144 valence electrons. The topological polar surface area (TPSA) is 85.8 Å². The number of anilines is 1. The van der Waals surface area contributed by atoms with Gasteiger partial charge in [-0.2, -0.15) is 0 Å². The van der Waals surface area contributed by atoms with Gasteiger partial charge in [-0.05, 0) is 29.7 Å². The number of nitrogens with zero attached hydrogens (tertiary/aromatic N) is 1. The molecule has 1 amide bonds. The molecule has 27 heavy (non-hydrogen) atoms. The second kappa shape index (κ2) is 11.0. The van der Waals surface area contributed by atoms with E-state index >= 15 is 0 Å². The molecule has 0 radical (unpaired) electrons. The zero-order chi connectivity index (χ0) is 19.5. The van der Waals surface area contributed by atoms with E-state index in [-0.39, 0.29) is 25.0 Å². The molecule has 6 heteroatoms. The molecule has 0 aliphatic heterocycles.